The van der Waals surface area contributed by atoms with E-state index in [2.05, 4.69) is 15.4 Å². The number of rotatable bonds is 5. The molecule has 8 heteroatoms. The van der Waals surface area contributed by atoms with Crippen LogP contribution < -0.4 is 10.1 Å². The number of halogens is 1. The van der Waals surface area contributed by atoms with Crippen LogP contribution in [-0.2, 0) is 4.79 Å². The van der Waals surface area contributed by atoms with Gasteiger partial charge in [-0.2, -0.15) is 4.98 Å². The lowest BCUT2D eigenvalue weighted by Gasteiger charge is -2.02. The van der Waals surface area contributed by atoms with Gasteiger partial charge in [0.2, 0.25) is 16.8 Å². The Bertz CT molecular complexity index is 814. The summed E-state index contributed by atoms with van der Waals surface area (Å²) in [7, 11) is 1.63. The molecule has 1 aromatic carbocycles. The number of benzene rings is 1. The Hall–Kier alpha value is -2.12. The third-order valence-corrected chi connectivity index (χ3v) is 4.03. The van der Waals surface area contributed by atoms with E-state index < -0.39 is 0 Å². The highest BCUT2D eigenvalue weighted by Crippen LogP contribution is 2.28. The van der Waals surface area contributed by atoms with E-state index in [9.17, 15) is 4.79 Å². The lowest BCUT2D eigenvalue weighted by molar-refractivity contribution is -0.115. The number of aromatic nitrogens is 3. The number of carbonyl (C=O) groups is 1. The average Bonchev–Trinajstić information content (AvgIpc) is 3.07. The number of hydrogen-bond donors (Lipinski definition) is 1. The Morgan fingerprint density at radius 1 is 1.50 bits per heavy atom. The van der Waals surface area contributed by atoms with Crippen LogP contribution in [0.1, 0.15) is 6.42 Å². The summed E-state index contributed by atoms with van der Waals surface area (Å²) >= 11 is 6.99. The molecule has 0 unspecified atom stereocenters. The number of nitrogens with one attached hydrogen (secondary N) is 1. The molecule has 2 heterocycles. The maximum Gasteiger partial charge on any atom is 0.250 e. The minimum atomic E-state index is -0.198. The molecule has 6 nitrogen and oxygen atoms in total. The van der Waals surface area contributed by atoms with E-state index in [4.69, 9.17) is 16.3 Å². The lowest BCUT2D eigenvalue weighted by atomic mass is 10.2. The number of thiazole rings is 1. The molecule has 0 fully saturated rings. The van der Waals surface area contributed by atoms with E-state index in [1.165, 1.54) is 11.3 Å². The normalized spacial score (nSPS) is 10.8. The van der Waals surface area contributed by atoms with Crippen molar-refractivity contribution in [3.63, 3.8) is 0 Å². The van der Waals surface area contributed by atoms with E-state index in [-0.39, 0.29) is 24.2 Å². The van der Waals surface area contributed by atoms with Crippen molar-refractivity contribution >= 4 is 39.8 Å². The van der Waals surface area contributed by atoms with Crippen LogP contribution in [0.25, 0.3) is 16.2 Å². The maximum atomic E-state index is 11.6. The highest BCUT2D eigenvalue weighted by molar-refractivity contribution is 7.15. The summed E-state index contributed by atoms with van der Waals surface area (Å²) in [6.07, 6.45) is 0.233. The number of nitrogens with zero attached hydrogens (tertiary/aromatic N) is 3. The second kappa shape index (κ2) is 6.33. The van der Waals surface area contributed by atoms with Crippen LogP contribution in [0.3, 0.4) is 0 Å². The van der Waals surface area contributed by atoms with E-state index >= 15 is 0 Å². The fraction of sp³-hybridized carbons (Fsp3) is 0.214. The number of alkyl halides is 1. The van der Waals surface area contributed by atoms with Crippen molar-refractivity contribution in [2.24, 2.45) is 0 Å². The molecule has 0 aliphatic carbocycles. The molecule has 0 bridgehead atoms. The van der Waals surface area contributed by atoms with Crippen LogP contribution in [-0.4, -0.2) is 33.5 Å². The fourth-order valence-electron chi connectivity index (χ4n) is 1.99. The van der Waals surface area contributed by atoms with Gasteiger partial charge >= 0.3 is 0 Å². The second-order valence-electron chi connectivity index (χ2n) is 4.47. The molecule has 0 spiro atoms. The van der Waals surface area contributed by atoms with Crippen LogP contribution in [0.15, 0.2) is 29.6 Å². The van der Waals surface area contributed by atoms with Crippen LogP contribution in [0.2, 0.25) is 0 Å². The van der Waals surface area contributed by atoms with Crippen molar-refractivity contribution in [3.05, 3.63) is 29.6 Å². The number of amides is 1. The monoisotopic (exact) mass is 336 g/mol. The minimum Gasteiger partial charge on any atom is -0.497 e. The Kier molecular flexibility index (Phi) is 4.26. The molecule has 2 aromatic heterocycles. The third-order valence-electron chi connectivity index (χ3n) is 3.02. The summed E-state index contributed by atoms with van der Waals surface area (Å²) in [5.41, 5.74) is 1.86. The molecule has 3 rings (SSSR count). The Morgan fingerprint density at radius 3 is 3.14 bits per heavy atom. The van der Waals surface area contributed by atoms with Gasteiger partial charge in [0.05, 0.1) is 12.8 Å². The molecule has 0 saturated heterocycles. The number of carbonyl (C=O) groups excluding carboxylic acids is 1. The molecule has 22 heavy (non-hydrogen) atoms. The van der Waals surface area contributed by atoms with Gasteiger partial charge in [-0.15, -0.1) is 28.0 Å². The summed E-state index contributed by atoms with van der Waals surface area (Å²) in [5.74, 6) is 1.12. The van der Waals surface area contributed by atoms with E-state index in [1.807, 2.05) is 29.6 Å². The largest absolute Gasteiger partial charge is 0.497 e. The molecule has 0 radical (unpaired) electrons. The zero-order valence-corrected chi connectivity index (χ0v) is 13.3. The van der Waals surface area contributed by atoms with Crippen LogP contribution in [0, 0.1) is 0 Å². The van der Waals surface area contributed by atoms with Crippen molar-refractivity contribution in [1.29, 1.82) is 0 Å². The first-order valence-electron chi connectivity index (χ1n) is 6.56. The van der Waals surface area contributed by atoms with Crippen LogP contribution >= 0.6 is 22.9 Å². The molecular formula is C14H13ClN4O2S. The van der Waals surface area contributed by atoms with Crippen molar-refractivity contribution in [2.45, 2.75) is 6.42 Å². The topological polar surface area (TPSA) is 68.5 Å². The van der Waals surface area contributed by atoms with Crippen LogP contribution in [0.4, 0.5) is 5.95 Å². The van der Waals surface area contributed by atoms with Gasteiger partial charge in [0.1, 0.15) is 5.75 Å². The summed E-state index contributed by atoms with van der Waals surface area (Å²) in [6.45, 7) is 0. The average molecular weight is 337 g/mol. The summed E-state index contributed by atoms with van der Waals surface area (Å²) < 4.78 is 6.94. The summed E-state index contributed by atoms with van der Waals surface area (Å²) in [5, 5.41) is 8.93. The second-order valence-corrected chi connectivity index (χ2v) is 5.68. The van der Waals surface area contributed by atoms with Gasteiger partial charge in [-0.05, 0) is 12.1 Å². The zero-order valence-electron chi connectivity index (χ0n) is 11.7. The van der Waals surface area contributed by atoms with Crippen LogP contribution in [0.5, 0.6) is 5.75 Å². The van der Waals surface area contributed by atoms with Crippen molar-refractivity contribution in [3.8, 4) is 17.0 Å². The van der Waals surface area contributed by atoms with Gasteiger partial charge in [-0.3, -0.25) is 10.1 Å². The number of hydrogen-bond acceptors (Lipinski definition) is 5. The van der Waals surface area contributed by atoms with Gasteiger partial charge in [0.15, 0.2) is 0 Å². The van der Waals surface area contributed by atoms with Crippen molar-refractivity contribution in [1.82, 2.24) is 14.6 Å². The predicted octanol–water partition coefficient (Wildman–Crippen LogP) is 3.03. The van der Waals surface area contributed by atoms with Gasteiger partial charge in [0.25, 0.3) is 0 Å². The van der Waals surface area contributed by atoms with Crippen molar-refractivity contribution < 1.29 is 9.53 Å². The first kappa shape index (κ1) is 14.8. The highest BCUT2D eigenvalue weighted by Gasteiger charge is 2.13. The molecule has 0 aliphatic rings. The van der Waals surface area contributed by atoms with E-state index in [1.54, 1.807) is 11.6 Å². The number of anilines is 1. The van der Waals surface area contributed by atoms with Gasteiger partial charge in [0, 0.05) is 23.2 Å². The van der Waals surface area contributed by atoms with Gasteiger partial charge in [-0.1, -0.05) is 12.1 Å². The Labute approximate surface area is 135 Å². The molecule has 114 valence electrons. The predicted molar refractivity (Wildman–Crippen MR) is 86.8 cm³/mol. The minimum absolute atomic E-state index is 0.198. The standard InChI is InChI=1S/C14H13ClN4O2S/c1-21-10-4-2-3-9(7-10)11-8-22-14-17-13(18-19(11)14)16-12(20)5-6-15/h2-4,7-8H,5-6H2,1H3,(H,16,18,20). The lowest BCUT2D eigenvalue weighted by Crippen LogP contribution is -2.12. The van der Waals surface area contributed by atoms with E-state index in [0.29, 0.717) is 4.96 Å². The summed E-state index contributed by atoms with van der Waals surface area (Å²) in [6, 6.07) is 7.69. The maximum absolute atomic E-state index is 11.6. The SMILES string of the molecule is COc1cccc(-c2csc3nc(NC(=O)CCCl)nn23)c1. The molecule has 0 aliphatic heterocycles. The Balaban J connectivity index is 1.94. The van der Waals surface area contributed by atoms with Gasteiger partial charge < -0.3 is 4.74 Å². The molecule has 0 saturated carbocycles. The van der Waals surface area contributed by atoms with Crippen molar-refractivity contribution in [2.75, 3.05) is 18.3 Å². The van der Waals surface area contributed by atoms with Gasteiger partial charge in [-0.25, -0.2) is 4.52 Å². The molecule has 0 atom stereocenters. The number of fused-ring (bicyclic) bond motifs is 1. The van der Waals surface area contributed by atoms with E-state index in [0.717, 1.165) is 17.0 Å². The highest BCUT2D eigenvalue weighted by atomic mass is 35.5. The fourth-order valence-corrected chi connectivity index (χ4v) is 2.99. The zero-order chi connectivity index (χ0) is 15.5. The number of ether oxygens (including phenoxy) is 1. The smallest absolute Gasteiger partial charge is 0.250 e. The first-order chi connectivity index (χ1) is 10.7. The molecule has 3 aromatic rings. The first-order valence-corrected chi connectivity index (χ1v) is 7.97. The molecule has 1 N–H and O–H groups in total. The summed E-state index contributed by atoms with van der Waals surface area (Å²) in [4.78, 5) is 16.5. The molecular weight excluding hydrogens is 324 g/mol. The quantitative estimate of drug-likeness (QED) is 0.727. The number of methoxy groups -OCH3 is 1. The molecule has 1 amide bonds. The Morgan fingerprint density at radius 2 is 2.36 bits per heavy atom. The third kappa shape index (κ3) is 2.90.